The lowest BCUT2D eigenvalue weighted by Gasteiger charge is -2.11. The molecule has 1 aliphatic heterocycles. The molecule has 2 aromatic carbocycles. The highest BCUT2D eigenvalue weighted by Gasteiger charge is 2.27. The molecule has 10 heteroatoms. The molecule has 1 fully saturated rings. The van der Waals surface area contributed by atoms with Crippen LogP contribution < -0.4 is 0 Å². The third-order valence-electron chi connectivity index (χ3n) is 4.11. The third kappa shape index (κ3) is 4.68. The summed E-state index contributed by atoms with van der Waals surface area (Å²) in [5, 5.41) is 13.4. The van der Waals surface area contributed by atoms with Gasteiger partial charge in [-0.25, -0.2) is 8.78 Å². The molecular formula is C19H15ClF3N3O3. The van der Waals surface area contributed by atoms with E-state index < -0.39 is 40.6 Å². The molecule has 0 spiro atoms. The Bertz CT molecular complexity index is 1010. The fourth-order valence-electron chi connectivity index (χ4n) is 2.64. The second-order valence-electron chi connectivity index (χ2n) is 6.10. The highest BCUT2D eigenvalue weighted by Crippen LogP contribution is 2.31. The van der Waals surface area contributed by atoms with Gasteiger partial charge in [-0.1, -0.05) is 35.0 Å². The van der Waals surface area contributed by atoms with Crippen LogP contribution in [0, 0.1) is 17.5 Å². The van der Waals surface area contributed by atoms with E-state index in [9.17, 15) is 18.0 Å². The Morgan fingerprint density at radius 2 is 1.76 bits per heavy atom. The molecule has 4 rings (SSSR count). The number of phenols is 1. The van der Waals surface area contributed by atoms with Crippen molar-refractivity contribution in [2.45, 2.75) is 12.8 Å². The van der Waals surface area contributed by atoms with Crippen LogP contribution in [0.5, 0.6) is 5.75 Å². The number of benzene rings is 2. The molecule has 0 atom stereocenters. The van der Waals surface area contributed by atoms with Crippen molar-refractivity contribution in [3.05, 3.63) is 64.7 Å². The minimum absolute atomic E-state index is 0.305. The number of nitrogens with zero attached hydrogens (tertiary/aromatic N) is 3. The maximum absolute atomic E-state index is 13.8. The van der Waals surface area contributed by atoms with Gasteiger partial charge in [0.2, 0.25) is 5.82 Å². The van der Waals surface area contributed by atoms with Crippen molar-refractivity contribution in [1.29, 1.82) is 0 Å². The summed E-state index contributed by atoms with van der Waals surface area (Å²) >= 11 is 5.54. The second-order valence-corrected chi connectivity index (χ2v) is 6.54. The topological polar surface area (TPSA) is 79.5 Å². The summed E-state index contributed by atoms with van der Waals surface area (Å²) in [5.74, 6) is -7.42. The molecule has 1 aromatic heterocycles. The first-order chi connectivity index (χ1) is 13.9. The van der Waals surface area contributed by atoms with Gasteiger partial charge in [0.25, 0.3) is 17.6 Å². The molecule has 2 heterocycles. The molecule has 1 aliphatic rings. The Labute approximate surface area is 168 Å². The van der Waals surface area contributed by atoms with Crippen LogP contribution in [-0.2, 0) is 0 Å². The number of likely N-dealkylation sites (tertiary alicyclic amines) is 1. The van der Waals surface area contributed by atoms with E-state index in [1.165, 1.54) is 4.90 Å². The Kier molecular flexibility index (Phi) is 6.38. The summed E-state index contributed by atoms with van der Waals surface area (Å²) in [5.41, 5.74) is -0.621. The van der Waals surface area contributed by atoms with Crippen LogP contribution in [-0.4, -0.2) is 39.1 Å². The van der Waals surface area contributed by atoms with Crippen LogP contribution >= 0.6 is 11.6 Å². The van der Waals surface area contributed by atoms with E-state index in [2.05, 4.69) is 10.1 Å². The Hall–Kier alpha value is -3.07. The predicted octanol–water partition coefficient (Wildman–Crippen LogP) is 4.44. The number of phenolic OH excluding ortho intramolecular Hbond substituents is 1. The maximum atomic E-state index is 13.8. The fraction of sp³-hybridized carbons (Fsp3) is 0.211. The van der Waals surface area contributed by atoms with Gasteiger partial charge in [-0.3, -0.25) is 4.79 Å². The molecule has 1 N–H and O–H groups in total. The number of carbonyl (C=O) groups is 1. The number of rotatable bonds is 2. The van der Waals surface area contributed by atoms with Gasteiger partial charge in [0, 0.05) is 18.1 Å². The lowest BCUT2D eigenvalue weighted by Crippen LogP contribution is -2.28. The summed E-state index contributed by atoms with van der Waals surface area (Å²) < 4.78 is 44.8. The lowest BCUT2D eigenvalue weighted by atomic mass is 10.2. The molecule has 152 valence electrons. The highest BCUT2D eigenvalue weighted by atomic mass is 35.5. The van der Waals surface area contributed by atoms with Crippen molar-refractivity contribution in [3.63, 3.8) is 0 Å². The van der Waals surface area contributed by atoms with Crippen molar-refractivity contribution >= 4 is 17.5 Å². The molecular weight excluding hydrogens is 411 g/mol. The number of halogens is 4. The summed E-state index contributed by atoms with van der Waals surface area (Å²) in [4.78, 5) is 17.2. The second kappa shape index (κ2) is 8.95. The van der Waals surface area contributed by atoms with Gasteiger partial charge in [-0.05, 0) is 31.0 Å². The van der Waals surface area contributed by atoms with Gasteiger partial charge in [0.1, 0.15) is 0 Å². The zero-order valence-corrected chi connectivity index (χ0v) is 15.7. The Morgan fingerprint density at radius 3 is 2.34 bits per heavy atom. The number of amides is 1. The lowest BCUT2D eigenvalue weighted by molar-refractivity contribution is 0.0777. The normalized spacial score (nSPS) is 13.2. The smallest absolute Gasteiger partial charge is 0.295 e. The van der Waals surface area contributed by atoms with Crippen LogP contribution in [0.4, 0.5) is 13.2 Å². The molecule has 6 nitrogen and oxygen atoms in total. The largest absolute Gasteiger partial charge is 0.503 e. The minimum Gasteiger partial charge on any atom is -0.503 e. The standard InChI is InChI=1S/C13H10F3N3O3.C6H5Cl/c14-7-5-6(8(15)10(20)9(7)16)12-17-11(18-22-12)13(21)19-3-1-2-4-19;7-6-4-2-1-3-5-6/h5,20H,1-4H2;1-5H. The average Bonchev–Trinajstić information content (AvgIpc) is 3.42. The van der Waals surface area contributed by atoms with E-state index in [0.717, 1.165) is 17.9 Å². The SMILES string of the molecule is Clc1ccccc1.O=C(c1noc(-c2cc(F)c(F)c(O)c2F)n1)N1CCCC1. The summed E-state index contributed by atoms with van der Waals surface area (Å²) in [6.07, 6.45) is 1.73. The molecule has 0 unspecified atom stereocenters. The monoisotopic (exact) mass is 425 g/mol. The van der Waals surface area contributed by atoms with Gasteiger partial charge >= 0.3 is 0 Å². The first-order valence-electron chi connectivity index (χ1n) is 8.59. The van der Waals surface area contributed by atoms with Crippen molar-refractivity contribution in [3.8, 4) is 17.2 Å². The Balaban J connectivity index is 0.000000290. The summed E-state index contributed by atoms with van der Waals surface area (Å²) in [6.45, 7) is 1.12. The number of hydrogen-bond acceptors (Lipinski definition) is 5. The molecule has 29 heavy (non-hydrogen) atoms. The summed E-state index contributed by atoms with van der Waals surface area (Å²) in [6, 6.07) is 9.92. The van der Waals surface area contributed by atoms with Crippen molar-refractivity contribution in [2.24, 2.45) is 0 Å². The van der Waals surface area contributed by atoms with Crippen LogP contribution in [0.3, 0.4) is 0 Å². The zero-order valence-electron chi connectivity index (χ0n) is 14.9. The average molecular weight is 426 g/mol. The molecule has 0 aliphatic carbocycles. The van der Waals surface area contributed by atoms with Crippen molar-refractivity contribution in [2.75, 3.05) is 13.1 Å². The molecule has 3 aromatic rings. The predicted molar refractivity (Wildman–Crippen MR) is 97.9 cm³/mol. The number of hydrogen-bond donors (Lipinski definition) is 1. The highest BCUT2D eigenvalue weighted by molar-refractivity contribution is 6.30. The van der Waals surface area contributed by atoms with Gasteiger partial charge in [-0.2, -0.15) is 9.37 Å². The van der Waals surface area contributed by atoms with Crippen LogP contribution in [0.15, 0.2) is 40.9 Å². The quantitative estimate of drug-likeness (QED) is 0.614. The van der Waals surface area contributed by atoms with Crippen LogP contribution in [0.2, 0.25) is 5.02 Å². The van der Waals surface area contributed by atoms with Gasteiger partial charge in [-0.15, -0.1) is 0 Å². The molecule has 1 amide bonds. The molecule has 0 saturated carbocycles. The van der Waals surface area contributed by atoms with E-state index in [1.807, 2.05) is 30.3 Å². The molecule has 0 bridgehead atoms. The first-order valence-corrected chi connectivity index (χ1v) is 8.96. The van der Waals surface area contributed by atoms with Crippen molar-refractivity contribution in [1.82, 2.24) is 15.0 Å². The van der Waals surface area contributed by atoms with Gasteiger partial charge in [0.15, 0.2) is 17.4 Å². The van der Waals surface area contributed by atoms with E-state index in [1.54, 1.807) is 0 Å². The van der Waals surface area contributed by atoms with E-state index in [-0.39, 0.29) is 5.82 Å². The Morgan fingerprint density at radius 1 is 1.10 bits per heavy atom. The zero-order chi connectivity index (χ0) is 21.0. The molecule has 1 saturated heterocycles. The van der Waals surface area contributed by atoms with Gasteiger partial charge in [0.05, 0.1) is 5.56 Å². The van der Waals surface area contributed by atoms with E-state index in [4.69, 9.17) is 21.2 Å². The summed E-state index contributed by atoms with van der Waals surface area (Å²) in [7, 11) is 0. The maximum Gasteiger partial charge on any atom is 0.295 e. The number of aromatic nitrogens is 2. The van der Waals surface area contributed by atoms with Crippen LogP contribution in [0.25, 0.3) is 11.5 Å². The third-order valence-corrected chi connectivity index (χ3v) is 4.36. The van der Waals surface area contributed by atoms with E-state index in [0.29, 0.717) is 19.2 Å². The van der Waals surface area contributed by atoms with Gasteiger partial charge < -0.3 is 14.5 Å². The number of carbonyl (C=O) groups excluding carboxylic acids is 1. The number of aromatic hydroxyl groups is 1. The van der Waals surface area contributed by atoms with Crippen molar-refractivity contribution < 1.29 is 27.6 Å². The van der Waals surface area contributed by atoms with E-state index >= 15 is 0 Å². The van der Waals surface area contributed by atoms with Crippen LogP contribution in [0.1, 0.15) is 23.5 Å². The first kappa shape index (κ1) is 20.7. The molecule has 0 radical (unpaired) electrons. The fourth-order valence-corrected chi connectivity index (χ4v) is 2.79. The minimum atomic E-state index is -1.71.